The second kappa shape index (κ2) is 5.65. The molecule has 3 nitrogen and oxygen atoms in total. The minimum atomic E-state index is -4.49. The van der Waals surface area contributed by atoms with E-state index in [1.165, 1.54) is 12.1 Å². The van der Waals surface area contributed by atoms with E-state index in [4.69, 9.17) is 17.3 Å². The highest BCUT2D eigenvalue weighted by molar-refractivity contribution is 6.34. The van der Waals surface area contributed by atoms with Crippen molar-refractivity contribution in [2.24, 2.45) is 0 Å². The highest BCUT2D eigenvalue weighted by Gasteiger charge is 2.31. The number of rotatable bonds is 2. The average molecular weight is 315 g/mol. The number of hydrogen-bond donors (Lipinski definition) is 2. The zero-order chi connectivity index (χ0) is 15.6. The molecule has 0 fully saturated rings. The van der Waals surface area contributed by atoms with E-state index in [1.54, 1.807) is 12.1 Å². The first kappa shape index (κ1) is 15.2. The summed E-state index contributed by atoms with van der Waals surface area (Å²) < 4.78 is 37.5. The second-order valence-electron chi connectivity index (χ2n) is 4.27. The Morgan fingerprint density at radius 3 is 2.43 bits per heavy atom. The van der Waals surface area contributed by atoms with E-state index in [9.17, 15) is 18.0 Å². The number of halogens is 4. The van der Waals surface area contributed by atoms with Gasteiger partial charge in [-0.2, -0.15) is 13.2 Å². The van der Waals surface area contributed by atoms with Crippen LogP contribution in [0.2, 0.25) is 5.02 Å². The maximum Gasteiger partial charge on any atom is 0.416 e. The molecule has 0 radical (unpaired) electrons. The van der Waals surface area contributed by atoms with E-state index >= 15 is 0 Å². The molecule has 0 atom stereocenters. The Balaban J connectivity index is 2.22. The summed E-state index contributed by atoms with van der Waals surface area (Å²) in [6.45, 7) is 0. The molecule has 0 spiro atoms. The lowest BCUT2D eigenvalue weighted by Crippen LogP contribution is -2.13. The lowest BCUT2D eigenvalue weighted by molar-refractivity contribution is -0.137. The summed E-state index contributed by atoms with van der Waals surface area (Å²) in [5.74, 6) is -0.510. The van der Waals surface area contributed by atoms with Crippen LogP contribution < -0.4 is 11.1 Å². The minimum Gasteiger partial charge on any atom is -0.399 e. The molecule has 0 saturated heterocycles. The Labute approximate surface area is 123 Å². The predicted molar refractivity (Wildman–Crippen MR) is 75.3 cm³/mol. The van der Waals surface area contributed by atoms with Crippen molar-refractivity contribution in [2.45, 2.75) is 6.18 Å². The standard InChI is InChI=1S/C14H10ClF3N2O/c15-11-7-9(14(16,17)18)4-5-12(11)20-13(21)8-2-1-3-10(19)6-8/h1-7H,19H2,(H,20,21). The fourth-order valence-corrected chi connectivity index (χ4v) is 1.89. The van der Waals surface area contributed by atoms with Crippen LogP contribution in [-0.4, -0.2) is 5.91 Å². The zero-order valence-electron chi connectivity index (χ0n) is 10.5. The molecule has 3 N–H and O–H groups in total. The van der Waals surface area contributed by atoms with Gasteiger partial charge in [0.15, 0.2) is 0 Å². The van der Waals surface area contributed by atoms with E-state index in [1.807, 2.05) is 0 Å². The van der Waals surface area contributed by atoms with E-state index in [0.29, 0.717) is 5.69 Å². The molecule has 7 heteroatoms. The molecule has 21 heavy (non-hydrogen) atoms. The third-order valence-electron chi connectivity index (χ3n) is 2.69. The minimum absolute atomic E-state index is 0.0945. The van der Waals surface area contributed by atoms with E-state index in [2.05, 4.69) is 5.32 Å². The number of alkyl halides is 3. The van der Waals surface area contributed by atoms with Gasteiger partial charge < -0.3 is 11.1 Å². The van der Waals surface area contributed by atoms with Crippen molar-refractivity contribution in [2.75, 3.05) is 11.1 Å². The molecule has 1 amide bonds. The number of benzene rings is 2. The van der Waals surface area contributed by atoms with Gasteiger partial charge in [0.1, 0.15) is 0 Å². The van der Waals surface area contributed by atoms with Gasteiger partial charge in [-0.25, -0.2) is 0 Å². The van der Waals surface area contributed by atoms with Gasteiger partial charge in [0.05, 0.1) is 16.3 Å². The SMILES string of the molecule is Nc1cccc(C(=O)Nc2ccc(C(F)(F)F)cc2Cl)c1. The molecule has 2 aromatic rings. The van der Waals surface area contributed by atoms with Crippen LogP contribution in [0, 0.1) is 0 Å². The largest absolute Gasteiger partial charge is 0.416 e. The third-order valence-corrected chi connectivity index (χ3v) is 3.01. The average Bonchev–Trinajstić information content (AvgIpc) is 2.39. The van der Waals surface area contributed by atoms with E-state index in [0.717, 1.165) is 18.2 Å². The van der Waals surface area contributed by atoms with Crippen LogP contribution in [0.3, 0.4) is 0 Å². The monoisotopic (exact) mass is 314 g/mol. The molecule has 0 aromatic heterocycles. The molecule has 0 bridgehead atoms. The smallest absolute Gasteiger partial charge is 0.399 e. The summed E-state index contributed by atoms with van der Waals surface area (Å²) in [6.07, 6.45) is -4.49. The van der Waals surface area contributed by atoms with Crippen LogP contribution in [0.1, 0.15) is 15.9 Å². The molecular formula is C14H10ClF3N2O. The molecule has 0 aliphatic heterocycles. The maximum atomic E-state index is 12.5. The predicted octanol–water partition coefficient (Wildman–Crippen LogP) is 4.19. The van der Waals surface area contributed by atoms with Crippen LogP contribution in [-0.2, 0) is 6.18 Å². The van der Waals surface area contributed by atoms with Gasteiger partial charge in [-0.05, 0) is 36.4 Å². The summed E-state index contributed by atoms with van der Waals surface area (Å²) >= 11 is 5.76. The summed E-state index contributed by atoms with van der Waals surface area (Å²) in [6, 6.07) is 8.91. The second-order valence-corrected chi connectivity index (χ2v) is 4.68. The summed E-state index contributed by atoms with van der Waals surface area (Å²) in [5, 5.41) is 2.25. The maximum absolute atomic E-state index is 12.5. The molecule has 0 aliphatic carbocycles. The van der Waals surface area contributed by atoms with Crippen molar-refractivity contribution < 1.29 is 18.0 Å². The number of amides is 1. The van der Waals surface area contributed by atoms with Crippen molar-refractivity contribution in [3.8, 4) is 0 Å². The van der Waals surface area contributed by atoms with Crippen molar-refractivity contribution in [1.29, 1.82) is 0 Å². The molecule has 0 aliphatic rings. The Kier molecular flexibility index (Phi) is 4.09. The lowest BCUT2D eigenvalue weighted by atomic mass is 10.1. The van der Waals surface area contributed by atoms with E-state index < -0.39 is 17.6 Å². The van der Waals surface area contributed by atoms with Gasteiger partial charge in [-0.1, -0.05) is 17.7 Å². The van der Waals surface area contributed by atoms with Crippen LogP contribution >= 0.6 is 11.6 Å². The first-order valence-corrected chi connectivity index (χ1v) is 6.19. The van der Waals surface area contributed by atoms with Gasteiger partial charge >= 0.3 is 6.18 Å². The number of nitrogen functional groups attached to an aromatic ring is 1. The van der Waals surface area contributed by atoms with Gasteiger partial charge in [0.2, 0.25) is 0 Å². The van der Waals surface area contributed by atoms with Crippen LogP contribution in [0.25, 0.3) is 0 Å². The van der Waals surface area contributed by atoms with Crippen LogP contribution in [0.4, 0.5) is 24.5 Å². The number of carbonyl (C=O) groups excluding carboxylic acids is 1. The number of hydrogen-bond acceptors (Lipinski definition) is 2. The van der Waals surface area contributed by atoms with Gasteiger partial charge in [0.25, 0.3) is 5.91 Å². The Bertz CT molecular complexity index is 686. The van der Waals surface area contributed by atoms with Crippen molar-refractivity contribution >= 4 is 28.9 Å². The Hall–Kier alpha value is -2.21. The molecule has 2 aromatic carbocycles. The van der Waals surface area contributed by atoms with Crippen LogP contribution in [0.5, 0.6) is 0 Å². The topological polar surface area (TPSA) is 55.1 Å². The van der Waals surface area contributed by atoms with Crippen molar-refractivity contribution in [3.63, 3.8) is 0 Å². The normalized spacial score (nSPS) is 11.2. The Morgan fingerprint density at radius 1 is 1.14 bits per heavy atom. The first-order chi connectivity index (χ1) is 9.77. The van der Waals surface area contributed by atoms with Gasteiger partial charge in [-0.15, -0.1) is 0 Å². The molecule has 0 saturated carbocycles. The summed E-state index contributed by atoms with van der Waals surface area (Å²) in [4.78, 5) is 12.0. The number of carbonyl (C=O) groups is 1. The molecule has 110 valence electrons. The summed E-state index contributed by atoms with van der Waals surface area (Å²) in [7, 11) is 0. The highest BCUT2D eigenvalue weighted by atomic mass is 35.5. The fourth-order valence-electron chi connectivity index (χ4n) is 1.67. The number of nitrogens with one attached hydrogen (secondary N) is 1. The lowest BCUT2D eigenvalue weighted by Gasteiger charge is -2.11. The highest BCUT2D eigenvalue weighted by Crippen LogP contribution is 2.33. The number of anilines is 2. The van der Waals surface area contributed by atoms with Crippen molar-refractivity contribution in [1.82, 2.24) is 0 Å². The molecular weight excluding hydrogens is 305 g/mol. The van der Waals surface area contributed by atoms with E-state index in [-0.39, 0.29) is 16.3 Å². The molecule has 0 unspecified atom stereocenters. The first-order valence-electron chi connectivity index (χ1n) is 5.81. The fraction of sp³-hybridized carbons (Fsp3) is 0.0714. The molecule has 0 heterocycles. The van der Waals surface area contributed by atoms with Crippen molar-refractivity contribution in [3.05, 3.63) is 58.6 Å². The third kappa shape index (κ3) is 3.66. The van der Waals surface area contributed by atoms with Crippen LogP contribution in [0.15, 0.2) is 42.5 Å². The molecule has 2 rings (SSSR count). The zero-order valence-corrected chi connectivity index (χ0v) is 11.3. The Morgan fingerprint density at radius 2 is 1.86 bits per heavy atom. The number of nitrogens with two attached hydrogens (primary N) is 1. The quantitative estimate of drug-likeness (QED) is 0.816. The summed E-state index contributed by atoms with van der Waals surface area (Å²) in [5.41, 5.74) is 5.46. The van der Waals surface area contributed by atoms with Gasteiger partial charge in [-0.3, -0.25) is 4.79 Å². The van der Waals surface area contributed by atoms with Gasteiger partial charge in [0, 0.05) is 11.3 Å².